The molecule has 0 saturated carbocycles. The van der Waals surface area contributed by atoms with Crippen molar-refractivity contribution >= 4 is 13.5 Å². The van der Waals surface area contributed by atoms with Gasteiger partial charge < -0.3 is 14.5 Å². The number of hydrogen-bond donors (Lipinski definition) is 2. The summed E-state index contributed by atoms with van der Waals surface area (Å²) in [7, 11) is -3.83. The van der Waals surface area contributed by atoms with Crippen LogP contribution in [0.15, 0.2) is 5.76 Å². The molecule has 5 nitrogen and oxygen atoms in total. The fraction of sp³-hybridized carbons (Fsp3) is 0.800. The first-order chi connectivity index (χ1) is 7.49. The lowest BCUT2D eigenvalue weighted by Crippen LogP contribution is -1.96. The van der Waals surface area contributed by atoms with Gasteiger partial charge in [0.1, 0.15) is 0 Å². The SMILES string of the molecule is CCC(=C=O)OCCCCCCP(=O)(O)O. The van der Waals surface area contributed by atoms with Gasteiger partial charge in [0.05, 0.1) is 6.61 Å². The largest absolute Gasteiger partial charge is 0.487 e. The van der Waals surface area contributed by atoms with Gasteiger partial charge in [0.15, 0.2) is 11.7 Å². The number of ether oxygens (including phenoxy) is 1. The number of carbonyl (C=O) groups excluding carboxylic acids is 1. The van der Waals surface area contributed by atoms with Crippen LogP contribution in [0, 0.1) is 0 Å². The summed E-state index contributed by atoms with van der Waals surface area (Å²) in [6, 6.07) is 0. The van der Waals surface area contributed by atoms with Crippen LogP contribution in [-0.4, -0.2) is 28.5 Å². The highest BCUT2D eigenvalue weighted by Gasteiger charge is 2.10. The predicted molar refractivity (Wildman–Crippen MR) is 60.8 cm³/mol. The smallest absolute Gasteiger partial charge is 0.325 e. The molecule has 0 aromatic rings. The van der Waals surface area contributed by atoms with Crippen LogP contribution in [-0.2, 0) is 14.1 Å². The van der Waals surface area contributed by atoms with Crippen molar-refractivity contribution in [3.8, 4) is 0 Å². The van der Waals surface area contributed by atoms with Crippen molar-refractivity contribution < 1.29 is 23.9 Å². The topological polar surface area (TPSA) is 83.8 Å². The lowest BCUT2D eigenvalue weighted by atomic mass is 10.2. The standard InChI is InChI=1S/C10H19O5P/c1-2-10(9-11)15-7-5-3-4-6-8-16(12,13)14/h2-8H2,1H3,(H2,12,13,14). The van der Waals surface area contributed by atoms with Crippen molar-refractivity contribution in [3.63, 3.8) is 0 Å². The molecule has 0 aromatic carbocycles. The summed E-state index contributed by atoms with van der Waals surface area (Å²) in [5.41, 5.74) is 0. The number of hydrogen-bond acceptors (Lipinski definition) is 3. The minimum Gasteiger partial charge on any atom is -0.487 e. The summed E-state index contributed by atoms with van der Waals surface area (Å²) in [5, 5.41) is 0. The Morgan fingerprint density at radius 1 is 1.25 bits per heavy atom. The molecule has 0 spiro atoms. The van der Waals surface area contributed by atoms with E-state index >= 15 is 0 Å². The zero-order chi connectivity index (χ0) is 12.4. The average Bonchev–Trinajstić information content (AvgIpc) is 2.21. The highest BCUT2D eigenvalue weighted by molar-refractivity contribution is 7.51. The van der Waals surface area contributed by atoms with Crippen molar-refractivity contribution in [2.24, 2.45) is 0 Å². The maximum absolute atomic E-state index is 10.5. The van der Waals surface area contributed by atoms with Gasteiger partial charge in [0, 0.05) is 12.6 Å². The molecule has 0 heterocycles. The molecule has 0 bridgehead atoms. The Labute approximate surface area is 95.7 Å². The Bertz CT molecular complexity index is 277. The Morgan fingerprint density at radius 3 is 2.38 bits per heavy atom. The van der Waals surface area contributed by atoms with Gasteiger partial charge in [-0.2, -0.15) is 0 Å². The van der Waals surface area contributed by atoms with E-state index in [-0.39, 0.29) is 6.16 Å². The molecule has 6 heteroatoms. The minimum atomic E-state index is -3.83. The summed E-state index contributed by atoms with van der Waals surface area (Å²) in [4.78, 5) is 27.4. The van der Waals surface area contributed by atoms with Crippen LogP contribution < -0.4 is 0 Å². The van der Waals surface area contributed by atoms with Crippen LogP contribution in [0.25, 0.3) is 0 Å². The maximum Gasteiger partial charge on any atom is 0.325 e. The van der Waals surface area contributed by atoms with Crippen molar-refractivity contribution in [2.75, 3.05) is 12.8 Å². The van der Waals surface area contributed by atoms with Crippen LogP contribution in [0.2, 0.25) is 0 Å². The predicted octanol–water partition coefficient (Wildman–Crippen LogP) is 1.87. The van der Waals surface area contributed by atoms with E-state index in [1.807, 2.05) is 6.92 Å². The highest BCUT2D eigenvalue weighted by Crippen LogP contribution is 2.35. The molecular formula is C10H19O5P. The molecule has 94 valence electrons. The molecule has 0 atom stereocenters. The van der Waals surface area contributed by atoms with Gasteiger partial charge in [0.25, 0.3) is 0 Å². The second-order valence-electron chi connectivity index (χ2n) is 3.53. The number of rotatable bonds is 9. The molecule has 2 N–H and O–H groups in total. The van der Waals surface area contributed by atoms with Crippen molar-refractivity contribution in [2.45, 2.75) is 39.0 Å². The molecule has 0 unspecified atom stereocenters. The van der Waals surface area contributed by atoms with Gasteiger partial charge in [-0.3, -0.25) is 4.57 Å². The zero-order valence-corrected chi connectivity index (χ0v) is 10.4. The summed E-state index contributed by atoms with van der Waals surface area (Å²) < 4.78 is 15.6. The molecular weight excluding hydrogens is 231 g/mol. The quantitative estimate of drug-likeness (QED) is 0.282. The Kier molecular flexibility index (Phi) is 8.22. The molecule has 0 rings (SSSR count). The third-order valence-corrected chi connectivity index (χ3v) is 2.95. The number of allylic oxidation sites excluding steroid dienone is 1. The van der Waals surface area contributed by atoms with Crippen LogP contribution in [0.1, 0.15) is 39.0 Å². The Balaban J connectivity index is 3.35. The molecule has 0 amide bonds. The van der Waals surface area contributed by atoms with Crippen LogP contribution in [0.5, 0.6) is 0 Å². The van der Waals surface area contributed by atoms with E-state index < -0.39 is 7.60 Å². The lowest BCUT2D eigenvalue weighted by Gasteiger charge is -2.05. The van der Waals surface area contributed by atoms with Crippen LogP contribution in [0.4, 0.5) is 0 Å². The monoisotopic (exact) mass is 250 g/mol. The third-order valence-electron chi connectivity index (χ3n) is 2.05. The van der Waals surface area contributed by atoms with Crippen LogP contribution in [0.3, 0.4) is 0 Å². The van der Waals surface area contributed by atoms with Crippen molar-refractivity contribution in [3.05, 3.63) is 5.76 Å². The van der Waals surface area contributed by atoms with Gasteiger partial charge in [0.2, 0.25) is 0 Å². The normalized spacial score (nSPS) is 10.9. The van der Waals surface area contributed by atoms with E-state index in [1.165, 1.54) is 0 Å². The molecule has 0 aliphatic carbocycles. The second-order valence-corrected chi connectivity index (χ2v) is 5.31. The molecule has 0 saturated heterocycles. The van der Waals surface area contributed by atoms with E-state index in [2.05, 4.69) is 0 Å². The Hall–Kier alpha value is -0.600. The maximum atomic E-state index is 10.5. The van der Waals surface area contributed by atoms with E-state index in [1.54, 1.807) is 5.94 Å². The lowest BCUT2D eigenvalue weighted by molar-refractivity contribution is 0.201. The molecule has 16 heavy (non-hydrogen) atoms. The van der Waals surface area contributed by atoms with E-state index in [0.717, 1.165) is 19.3 Å². The average molecular weight is 250 g/mol. The molecule has 0 aromatic heterocycles. The van der Waals surface area contributed by atoms with E-state index in [4.69, 9.17) is 14.5 Å². The van der Waals surface area contributed by atoms with Gasteiger partial charge in [-0.25, -0.2) is 4.79 Å². The van der Waals surface area contributed by atoms with Gasteiger partial charge in [-0.1, -0.05) is 19.8 Å². The molecule has 0 aliphatic rings. The van der Waals surface area contributed by atoms with Crippen LogP contribution >= 0.6 is 7.60 Å². The molecule has 0 radical (unpaired) electrons. The fourth-order valence-corrected chi connectivity index (χ4v) is 1.81. The second kappa shape index (κ2) is 8.54. The first-order valence-corrected chi connectivity index (χ1v) is 7.20. The van der Waals surface area contributed by atoms with Crippen molar-refractivity contribution in [1.29, 1.82) is 0 Å². The van der Waals surface area contributed by atoms with E-state index in [9.17, 15) is 9.36 Å². The number of unbranched alkanes of at least 4 members (excludes halogenated alkanes) is 3. The summed E-state index contributed by atoms with van der Waals surface area (Å²) in [5.74, 6) is 2.04. The minimum absolute atomic E-state index is 0.0533. The summed E-state index contributed by atoms with van der Waals surface area (Å²) >= 11 is 0. The van der Waals surface area contributed by atoms with E-state index in [0.29, 0.717) is 25.2 Å². The summed E-state index contributed by atoms with van der Waals surface area (Å²) in [6.07, 6.45) is 3.40. The Morgan fingerprint density at radius 2 is 1.88 bits per heavy atom. The fourth-order valence-electron chi connectivity index (χ4n) is 1.17. The molecule has 0 aliphatic heterocycles. The first-order valence-electron chi connectivity index (χ1n) is 5.41. The van der Waals surface area contributed by atoms with Crippen molar-refractivity contribution in [1.82, 2.24) is 0 Å². The first kappa shape index (κ1) is 15.4. The van der Waals surface area contributed by atoms with Gasteiger partial charge >= 0.3 is 7.60 Å². The van der Waals surface area contributed by atoms with Gasteiger partial charge in [-0.15, -0.1) is 0 Å². The molecule has 0 fully saturated rings. The third kappa shape index (κ3) is 9.94. The zero-order valence-electron chi connectivity index (χ0n) is 9.52. The highest BCUT2D eigenvalue weighted by atomic mass is 31.2. The van der Waals surface area contributed by atoms with Gasteiger partial charge in [-0.05, 0) is 12.8 Å². The summed E-state index contributed by atoms with van der Waals surface area (Å²) in [6.45, 7) is 2.29.